The van der Waals surface area contributed by atoms with Crippen LogP contribution in [-0.2, 0) is 9.92 Å². The Bertz CT molecular complexity index is 197. The number of hydrogen-bond acceptors (Lipinski definition) is 3. The molecule has 62 valence electrons. The zero-order valence-electron chi connectivity index (χ0n) is 5.61. The lowest BCUT2D eigenvalue weighted by atomic mass is 10.2. The predicted molar refractivity (Wildman–Crippen MR) is 41.6 cm³/mol. The van der Waals surface area contributed by atoms with Crippen LogP contribution in [0.4, 0.5) is 0 Å². The van der Waals surface area contributed by atoms with E-state index < -0.39 is 9.92 Å². The van der Waals surface area contributed by atoms with Gasteiger partial charge in [0.2, 0.25) is 0 Å². The predicted octanol–water partition coefficient (Wildman–Crippen LogP) is -0.324. The summed E-state index contributed by atoms with van der Waals surface area (Å²) >= 11 is 0. The number of nitrogens with zero attached hydrogens (tertiary/aromatic N) is 1. The number of aliphatic hydroxyl groups excluding tert-OH is 1. The highest BCUT2D eigenvalue weighted by molar-refractivity contribution is 7.89. The van der Waals surface area contributed by atoms with Gasteiger partial charge in [-0.05, 0) is 0 Å². The van der Waals surface area contributed by atoms with Crippen LogP contribution in [0.25, 0.3) is 0 Å². The van der Waals surface area contributed by atoms with E-state index >= 15 is 0 Å². The molecule has 4 nitrogen and oxygen atoms in total. The van der Waals surface area contributed by atoms with Crippen molar-refractivity contribution in [2.45, 2.75) is 6.10 Å². The molecule has 6 heteroatoms. The van der Waals surface area contributed by atoms with Crippen molar-refractivity contribution in [3.63, 3.8) is 0 Å². The summed E-state index contributed by atoms with van der Waals surface area (Å²) in [5, 5.41) is 8.73. The van der Waals surface area contributed by atoms with Crippen molar-refractivity contribution < 1.29 is 9.32 Å². The molecule has 0 saturated carbocycles. The molecule has 1 saturated heterocycles. The summed E-state index contributed by atoms with van der Waals surface area (Å²) in [5.41, 5.74) is 0. The summed E-state index contributed by atoms with van der Waals surface area (Å²) in [6.45, 7) is 0.775. The second-order valence-electron chi connectivity index (χ2n) is 2.30. The zero-order valence-corrected chi connectivity index (χ0v) is 7.24. The third-order valence-electron chi connectivity index (χ3n) is 1.32. The molecule has 2 N–H and O–H groups in total. The van der Waals surface area contributed by atoms with Crippen molar-refractivity contribution in [3.05, 3.63) is 0 Å². The monoisotopic (exact) mass is 186 g/mol. The number of rotatable bonds is 1. The molecule has 1 fully saturated rings. The van der Waals surface area contributed by atoms with Crippen molar-refractivity contribution in [1.82, 2.24) is 4.31 Å². The second-order valence-corrected chi connectivity index (χ2v) is 4.42. The highest BCUT2D eigenvalue weighted by Crippen LogP contribution is 2.11. The van der Waals surface area contributed by atoms with Crippen LogP contribution in [0.1, 0.15) is 0 Å². The molecular formula is C4H11ClN2O2S. The first-order valence-corrected chi connectivity index (χ1v) is 4.59. The van der Waals surface area contributed by atoms with Gasteiger partial charge in [0.25, 0.3) is 0 Å². The minimum atomic E-state index is -2.53. The second kappa shape index (κ2) is 3.04. The molecule has 0 amide bonds. The number of β-amino-alcohol motifs (C(OH)–C–C–N with tert-alkyl or cyclic N) is 1. The molecule has 0 aromatic heterocycles. The van der Waals surface area contributed by atoms with Crippen LogP contribution in [0.2, 0.25) is 0 Å². The SMILES string of the molecule is CS(=N)(=O)N1CC(O)C1.Cl. The van der Waals surface area contributed by atoms with Crippen LogP contribution in [0.15, 0.2) is 0 Å². The van der Waals surface area contributed by atoms with Gasteiger partial charge in [-0.25, -0.2) is 13.3 Å². The fourth-order valence-electron chi connectivity index (χ4n) is 0.701. The van der Waals surface area contributed by atoms with Gasteiger partial charge in [-0.3, -0.25) is 0 Å². The number of nitrogens with one attached hydrogen (secondary N) is 1. The maximum atomic E-state index is 10.8. The van der Waals surface area contributed by atoms with Crippen molar-refractivity contribution in [3.8, 4) is 0 Å². The summed E-state index contributed by atoms with van der Waals surface area (Å²) in [5.74, 6) is 0. The van der Waals surface area contributed by atoms with E-state index in [0.717, 1.165) is 0 Å². The number of halogens is 1. The highest BCUT2D eigenvalue weighted by atomic mass is 35.5. The number of aliphatic hydroxyl groups is 1. The van der Waals surface area contributed by atoms with Crippen molar-refractivity contribution in [2.24, 2.45) is 0 Å². The largest absolute Gasteiger partial charge is 0.390 e. The average molecular weight is 187 g/mol. The van der Waals surface area contributed by atoms with Crippen LogP contribution < -0.4 is 0 Å². The van der Waals surface area contributed by atoms with Crippen molar-refractivity contribution in [1.29, 1.82) is 4.78 Å². The van der Waals surface area contributed by atoms with Gasteiger partial charge in [0.05, 0.1) is 6.10 Å². The minimum absolute atomic E-state index is 0. The van der Waals surface area contributed by atoms with E-state index in [1.807, 2.05) is 0 Å². The van der Waals surface area contributed by atoms with Crippen molar-refractivity contribution >= 4 is 22.3 Å². The fraction of sp³-hybridized carbons (Fsp3) is 1.00. The summed E-state index contributed by atoms with van der Waals surface area (Å²) in [7, 11) is -2.53. The lowest BCUT2D eigenvalue weighted by molar-refractivity contribution is 0.0572. The summed E-state index contributed by atoms with van der Waals surface area (Å²) in [6.07, 6.45) is 0.995. The molecule has 1 rings (SSSR count). The molecule has 1 aliphatic rings. The van der Waals surface area contributed by atoms with Gasteiger partial charge in [-0.1, -0.05) is 0 Å². The average Bonchev–Trinajstić information content (AvgIpc) is 1.55. The van der Waals surface area contributed by atoms with E-state index in [0.29, 0.717) is 13.1 Å². The Labute approximate surface area is 66.7 Å². The maximum absolute atomic E-state index is 10.8. The van der Waals surface area contributed by atoms with Crippen LogP contribution >= 0.6 is 12.4 Å². The molecule has 0 radical (unpaired) electrons. The first-order valence-electron chi connectivity index (χ1n) is 2.67. The lowest BCUT2D eigenvalue weighted by Gasteiger charge is -2.34. The molecule has 0 spiro atoms. The minimum Gasteiger partial charge on any atom is -0.390 e. The first-order chi connectivity index (χ1) is 4.00. The lowest BCUT2D eigenvalue weighted by Crippen LogP contribution is -2.52. The van der Waals surface area contributed by atoms with E-state index in [9.17, 15) is 4.21 Å². The van der Waals surface area contributed by atoms with Gasteiger partial charge < -0.3 is 5.11 Å². The summed E-state index contributed by atoms with van der Waals surface area (Å²) in [6, 6.07) is 0. The van der Waals surface area contributed by atoms with Gasteiger partial charge in [0, 0.05) is 19.3 Å². The molecule has 0 aliphatic carbocycles. The molecule has 0 bridgehead atoms. The zero-order chi connectivity index (χ0) is 7.07. The van der Waals surface area contributed by atoms with E-state index in [2.05, 4.69) is 0 Å². The molecule has 1 unspecified atom stereocenters. The summed E-state index contributed by atoms with van der Waals surface area (Å²) in [4.78, 5) is 0. The topological polar surface area (TPSA) is 64.4 Å². The molecule has 0 aromatic rings. The van der Waals surface area contributed by atoms with E-state index in [-0.39, 0.29) is 18.5 Å². The Balaban J connectivity index is 0.000000810. The smallest absolute Gasteiger partial charge is 0.105 e. The van der Waals surface area contributed by atoms with Gasteiger partial charge in [0.15, 0.2) is 0 Å². The van der Waals surface area contributed by atoms with Gasteiger partial charge >= 0.3 is 0 Å². The Morgan fingerprint density at radius 2 is 2.10 bits per heavy atom. The Morgan fingerprint density at radius 1 is 1.70 bits per heavy atom. The quantitative estimate of drug-likeness (QED) is 0.590. The van der Waals surface area contributed by atoms with E-state index in [4.69, 9.17) is 9.89 Å². The first kappa shape index (κ1) is 10.2. The third kappa shape index (κ3) is 2.09. The van der Waals surface area contributed by atoms with Crippen LogP contribution in [-0.4, -0.2) is 39.1 Å². The molecule has 10 heavy (non-hydrogen) atoms. The van der Waals surface area contributed by atoms with Gasteiger partial charge in [0.1, 0.15) is 9.92 Å². The standard InChI is InChI=1S/C4H10N2O2S.ClH/c1-9(5,8)6-2-4(7)3-6;/h4-5,7H,2-3H2,1H3;1H. The summed E-state index contributed by atoms with van der Waals surface area (Å²) < 4.78 is 19.3. The maximum Gasteiger partial charge on any atom is 0.105 e. The molecule has 0 aromatic carbocycles. The van der Waals surface area contributed by atoms with Gasteiger partial charge in [-0.2, -0.15) is 0 Å². The van der Waals surface area contributed by atoms with Gasteiger partial charge in [-0.15, -0.1) is 12.4 Å². The third-order valence-corrected chi connectivity index (χ3v) is 2.61. The fourth-order valence-corrected chi connectivity index (χ4v) is 1.61. The Morgan fingerprint density at radius 3 is 2.20 bits per heavy atom. The van der Waals surface area contributed by atoms with Crippen molar-refractivity contribution in [2.75, 3.05) is 19.3 Å². The molecule has 1 atom stereocenters. The highest BCUT2D eigenvalue weighted by Gasteiger charge is 2.29. The molecular weight excluding hydrogens is 176 g/mol. The Hall–Kier alpha value is 0.160. The molecule has 1 aliphatic heterocycles. The van der Waals surface area contributed by atoms with Crippen LogP contribution in [0.3, 0.4) is 0 Å². The normalized spacial score (nSPS) is 26.2. The molecule has 1 heterocycles. The Kier molecular flexibility index (Phi) is 3.09. The van der Waals surface area contributed by atoms with E-state index in [1.165, 1.54) is 10.6 Å². The van der Waals surface area contributed by atoms with E-state index in [1.54, 1.807) is 0 Å². The van der Waals surface area contributed by atoms with Crippen LogP contribution in [0, 0.1) is 4.78 Å². The number of hydrogen-bond donors (Lipinski definition) is 2. The van der Waals surface area contributed by atoms with Crippen LogP contribution in [0.5, 0.6) is 0 Å².